The Balaban J connectivity index is 2.23. The molecule has 0 bridgehead atoms. The summed E-state index contributed by atoms with van der Waals surface area (Å²) in [6.07, 6.45) is 1.90. The number of phenols is 1. The van der Waals surface area contributed by atoms with Crippen molar-refractivity contribution in [1.29, 1.82) is 0 Å². The number of rotatable bonds is 1. The molecule has 1 aliphatic heterocycles. The van der Waals surface area contributed by atoms with Crippen LogP contribution in [0.3, 0.4) is 0 Å². The van der Waals surface area contributed by atoms with Gasteiger partial charge in [-0.2, -0.15) is 0 Å². The van der Waals surface area contributed by atoms with Crippen LogP contribution < -0.4 is 0 Å². The van der Waals surface area contributed by atoms with Crippen LogP contribution in [0.4, 0.5) is 4.39 Å². The molecule has 98 valence electrons. The Kier molecular flexibility index (Phi) is 3.55. The van der Waals surface area contributed by atoms with E-state index in [1.165, 1.54) is 6.07 Å². The molecule has 0 saturated carbocycles. The standard InChI is InChI=1S/C14H18FNO2/c1-9-5-6-16(10(2)7-9)14(18)12-8-11(15)3-4-13(12)17/h3-4,8-10,17H,5-7H2,1-2H3. The number of halogens is 1. The van der Waals surface area contributed by atoms with E-state index in [0.29, 0.717) is 12.5 Å². The van der Waals surface area contributed by atoms with Gasteiger partial charge in [0.2, 0.25) is 0 Å². The first-order valence-corrected chi connectivity index (χ1v) is 6.28. The molecule has 3 nitrogen and oxygen atoms in total. The van der Waals surface area contributed by atoms with Crippen LogP contribution in [0.15, 0.2) is 18.2 Å². The van der Waals surface area contributed by atoms with E-state index in [1.807, 2.05) is 6.92 Å². The minimum Gasteiger partial charge on any atom is -0.507 e. The zero-order valence-electron chi connectivity index (χ0n) is 10.7. The molecule has 1 amide bonds. The van der Waals surface area contributed by atoms with Crippen molar-refractivity contribution < 1.29 is 14.3 Å². The summed E-state index contributed by atoms with van der Waals surface area (Å²) >= 11 is 0. The number of nitrogens with zero attached hydrogens (tertiary/aromatic N) is 1. The second-order valence-corrected chi connectivity index (χ2v) is 5.14. The number of phenolic OH excluding ortho intramolecular Hbond substituents is 1. The van der Waals surface area contributed by atoms with Crippen LogP contribution >= 0.6 is 0 Å². The van der Waals surface area contributed by atoms with Gasteiger partial charge >= 0.3 is 0 Å². The van der Waals surface area contributed by atoms with E-state index in [4.69, 9.17) is 0 Å². The van der Waals surface area contributed by atoms with Gasteiger partial charge in [0.25, 0.3) is 5.91 Å². The average Bonchev–Trinajstić information content (AvgIpc) is 2.31. The second-order valence-electron chi connectivity index (χ2n) is 5.14. The summed E-state index contributed by atoms with van der Waals surface area (Å²) in [6, 6.07) is 3.60. The molecule has 1 heterocycles. The summed E-state index contributed by atoms with van der Waals surface area (Å²) in [7, 11) is 0. The maximum Gasteiger partial charge on any atom is 0.257 e. The van der Waals surface area contributed by atoms with Crippen molar-refractivity contribution >= 4 is 5.91 Å². The number of hydrogen-bond donors (Lipinski definition) is 1. The molecular weight excluding hydrogens is 233 g/mol. The Bertz CT molecular complexity index is 461. The fraction of sp³-hybridized carbons (Fsp3) is 0.500. The minimum atomic E-state index is -0.505. The number of piperidine rings is 1. The summed E-state index contributed by atoms with van der Waals surface area (Å²) in [5.41, 5.74) is 0.0522. The Morgan fingerprint density at radius 1 is 1.44 bits per heavy atom. The number of hydrogen-bond acceptors (Lipinski definition) is 2. The van der Waals surface area contributed by atoms with E-state index in [-0.39, 0.29) is 23.3 Å². The van der Waals surface area contributed by atoms with Crippen molar-refractivity contribution in [3.8, 4) is 5.75 Å². The molecule has 0 spiro atoms. The number of benzene rings is 1. The fourth-order valence-corrected chi connectivity index (χ4v) is 2.54. The minimum absolute atomic E-state index is 0.0522. The molecule has 1 fully saturated rings. The maximum atomic E-state index is 13.2. The Morgan fingerprint density at radius 3 is 2.83 bits per heavy atom. The predicted octanol–water partition coefficient (Wildman–Crippen LogP) is 2.79. The van der Waals surface area contributed by atoms with E-state index in [0.717, 1.165) is 25.0 Å². The van der Waals surface area contributed by atoms with Gasteiger partial charge in [-0.15, -0.1) is 0 Å². The van der Waals surface area contributed by atoms with E-state index < -0.39 is 5.82 Å². The molecule has 0 radical (unpaired) electrons. The van der Waals surface area contributed by atoms with Crippen LogP contribution in [0.2, 0.25) is 0 Å². The Hall–Kier alpha value is -1.58. The summed E-state index contributed by atoms with van der Waals surface area (Å²) in [5.74, 6) is -0.349. The number of aromatic hydroxyl groups is 1. The molecule has 0 aliphatic carbocycles. The molecule has 4 heteroatoms. The van der Waals surface area contributed by atoms with Gasteiger partial charge in [-0.05, 0) is 43.9 Å². The summed E-state index contributed by atoms with van der Waals surface area (Å²) in [5, 5.41) is 9.66. The first-order valence-electron chi connectivity index (χ1n) is 6.28. The lowest BCUT2D eigenvalue weighted by Gasteiger charge is -2.36. The fourth-order valence-electron chi connectivity index (χ4n) is 2.54. The number of likely N-dealkylation sites (tertiary alicyclic amines) is 1. The molecule has 1 saturated heterocycles. The van der Waals surface area contributed by atoms with Gasteiger partial charge in [0.15, 0.2) is 0 Å². The predicted molar refractivity (Wildman–Crippen MR) is 67.0 cm³/mol. The molecule has 2 rings (SSSR count). The Labute approximate surface area is 106 Å². The van der Waals surface area contributed by atoms with Crippen molar-refractivity contribution in [2.24, 2.45) is 5.92 Å². The number of amides is 1. The highest BCUT2D eigenvalue weighted by molar-refractivity contribution is 5.97. The third-order valence-corrected chi connectivity index (χ3v) is 3.59. The quantitative estimate of drug-likeness (QED) is 0.833. The third-order valence-electron chi connectivity index (χ3n) is 3.59. The summed E-state index contributed by atoms with van der Waals surface area (Å²) in [6.45, 7) is 4.82. The molecule has 2 atom stereocenters. The third kappa shape index (κ3) is 2.47. The molecule has 2 unspecified atom stereocenters. The maximum absolute atomic E-state index is 13.2. The highest BCUT2D eigenvalue weighted by atomic mass is 19.1. The Morgan fingerprint density at radius 2 is 2.17 bits per heavy atom. The van der Waals surface area contributed by atoms with Crippen LogP contribution in [0.5, 0.6) is 5.75 Å². The normalized spacial score (nSPS) is 24.1. The highest BCUT2D eigenvalue weighted by Crippen LogP contribution is 2.26. The van der Waals surface area contributed by atoms with Crippen molar-refractivity contribution in [3.63, 3.8) is 0 Å². The monoisotopic (exact) mass is 251 g/mol. The molecule has 0 aromatic heterocycles. The lowest BCUT2D eigenvalue weighted by molar-refractivity contribution is 0.0585. The van der Waals surface area contributed by atoms with Crippen LogP contribution in [-0.2, 0) is 0 Å². The SMILES string of the molecule is CC1CCN(C(=O)c2cc(F)ccc2O)C(C)C1. The van der Waals surface area contributed by atoms with E-state index in [9.17, 15) is 14.3 Å². The molecular formula is C14H18FNO2. The smallest absolute Gasteiger partial charge is 0.257 e. The lowest BCUT2D eigenvalue weighted by Crippen LogP contribution is -2.44. The van der Waals surface area contributed by atoms with Crippen molar-refractivity contribution in [1.82, 2.24) is 4.90 Å². The van der Waals surface area contributed by atoms with Gasteiger partial charge in [-0.3, -0.25) is 4.79 Å². The van der Waals surface area contributed by atoms with E-state index in [1.54, 1.807) is 4.90 Å². The first-order chi connectivity index (χ1) is 8.49. The van der Waals surface area contributed by atoms with E-state index >= 15 is 0 Å². The first kappa shape index (κ1) is 12.9. The summed E-state index contributed by atoms with van der Waals surface area (Å²) in [4.78, 5) is 14.0. The average molecular weight is 251 g/mol. The van der Waals surface area contributed by atoms with E-state index in [2.05, 4.69) is 6.92 Å². The highest BCUT2D eigenvalue weighted by Gasteiger charge is 2.28. The van der Waals surface area contributed by atoms with Crippen LogP contribution in [-0.4, -0.2) is 28.5 Å². The largest absolute Gasteiger partial charge is 0.507 e. The topological polar surface area (TPSA) is 40.5 Å². The molecule has 18 heavy (non-hydrogen) atoms. The van der Waals surface area contributed by atoms with Gasteiger partial charge in [-0.1, -0.05) is 6.92 Å². The van der Waals surface area contributed by atoms with Crippen LogP contribution in [0.25, 0.3) is 0 Å². The van der Waals surface area contributed by atoms with Crippen LogP contribution in [0, 0.1) is 11.7 Å². The zero-order chi connectivity index (χ0) is 13.3. The van der Waals surface area contributed by atoms with Gasteiger partial charge < -0.3 is 10.0 Å². The van der Waals surface area contributed by atoms with Crippen molar-refractivity contribution in [2.45, 2.75) is 32.7 Å². The van der Waals surface area contributed by atoms with Crippen LogP contribution in [0.1, 0.15) is 37.0 Å². The summed E-state index contributed by atoms with van der Waals surface area (Å²) < 4.78 is 13.2. The number of carbonyl (C=O) groups excluding carboxylic acids is 1. The van der Waals surface area contributed by atoms with Gasteiger partial charge in [0.1, 0.15) is 11.6 Å². The van der Waals surface area contributed by atoms with Gasteiger partial charge in [0, 0.05) is 12.6 Å². The molecule has 1 aliphatic rings. The molecule has 1 aromatic carbocycles. The van der Waals surface area contributed by atoms with Gasteiger partial charge in [0.05, 0.1) is 5.56 Å². The van der Waals surface area contributed by atoms with Crippen molar-refractivity contribution in [2.75, 3.05) is 6.54 Å². The van der Waals surface area contributed by atoms with Crippen molar-refractivity contribution in [3.05, 3.63) is 29.6 Å². The number of carbonyl (C=O) groups is 1. The molecule has 1 N–H and O–H groups in total. The second kappa shape index (κ2) is 4.96. The van der Waals surface area contributed by atoms with Gasteiger partial charge in [-0.25, -0.2) is 4.39 Å². The molecule has 1 aromatic rings. The zero-order valence-corrected chi connectivity index (χ0v) is 10.7. The lowest BCUT2D eigenvalue weighted by atomic mass is 9.93.